The molecule has 0 radical (unpaired) electrons. The van der Waals surface area contributed by atoms with Gasteiger partial charge in [-0.25, -0.2) is 0 Å². The maximum absolute atomic E-state index is 12.4. The monoisotopic (exact) mass is 286 g/mol. The van der Waals surface area contributed by atoms with Gasteiger partial charge in [-0.3, -0.25) is 4.79 Å². The van der Waals surface area contributed by atoms with Gasteiger partial charge in [-0.15, -0.1) is 24.2 Å². The molecule has 1 aromatic carbocycles. The molecule has 0 aliphatic carbocycles. The Morgan fingerprint density at radius 2 is 2.22 bits per heavy atom. The lowest BCUT2D eigenvalue weighted by Gasteiger charge is -2.17. The van der Waals surface area contributed by atoms with Gasteiger partial charge >= 0.3 is 0 Å². The number of thioether (sulfide) groups is 1. The molecule has 1 amide bonds. The average Bonchev–Trinajstić information content (AvgIpc) is 2.86. The van der Waals surface area contributed by atoms with Gasteiger partial charge in [0.05, 0.1) is 5.56 Å². The predicted octanol–water partition coefficient (Wildman–Crippen LogP) is 2.25. The van der Waals surface area contributed by atoms with Crippen LogP contribution in [0.3, 0.4) is 0 Å². The molecule has 2 rings (SSSR count). The number of hydrogen-bond acceptors (Lipinski definition) is 3. The van der Waals surface area contributed by atoms with Gasteiger partial charge in [-0.05, 0) is 37.3 Å². The van der Waals surface area contributed by atoms with E-state index in [4.69, 9.17) is 5.73 Å². The van der Waals surface area contributed by atoms with Crippen molar-refractivity contribution in [2.45, 2.75) is 11.3 Å². The smallest absolute Gasteiger partial charge is 0.254 e. The van der Waals surface area contributed by atoms with E-state index in [2.05, 4.69) is 0 Å². The molecule has 1 atom stereocenters. The first-order valence-electron chi connectivity index (χ1n) is 5.88. The van der Waals surface area contributed by atoms with Gasteiger partial charge in [0.1, 0.15) is 0 Å². The molecule has 0 aromatic heterocycles. The van der Waals surface area contributed by atoms with Crippen molar-refractivity contribution in [3.63, 3.8) is 0 Å². The second-order valence-corrected chi connectivity index (χ2v) is 5.19. The molecule has 1 unspecified atom stereocenters. The molecule has 1 aliphatic heterocycles. The fourth-order valence-electron chi connectivity index (χ4n) is 2.20. The largest absolute Gasteiger partial charge is 0.338 e. The molecule has 5 heteroatoms. The third kappa shape index (κ3) is 3.19. The van der Waals surface area contributed by atoms with Crippen LogP contribution in [0.2, 0.25) is 0 Å². The molecule has 3 nitrogen and oxygen atoms in total. The average molecular weight is 287 g/mol. The van der Waals surface area contributed by atoms with Crippen LogP contribution >= 0.6 is 24.2 Å². The molecule has 1 aromatic rings. The molecule has 100 valence electrons. The van der Waals surface area contributed by atoms with E-state index in [1.165, 1.54) is 0 Å². The number of carbonyl (C=O) groups excluding carboxylic acids is 1. The van der Waals surface area contributed by atoms with Crippen molar-refractivity contribution < 1.29 is 4.79 Å². The summed E-state index contributed by atoms with van der Waals surface area (Å²) in [7, 11) is 0. The van der Waals surface area contributed by atoms with Crippen LogP contribution < -0.4 is 5.73 Å². The van der Waals surface area contributed by atoms with Crippen LogP contribution in [0.4, 0.5) is 0 Å². The molecular formula is C13H19ClN2OS. The van der Waals surface area contributed by atoms with E-state index >= 15 is 0 Å². The summed E-state index contributed by atoms with van der Waals surface area (Å²) in [6.07, 6.45) is 3.03. The zero-order chi connectivity index (χ0) is 12.3. The summed E-state index contributed by atoms with van der Waals surface area (Å²) >= 11 is 1.62. The van der Waals surface area contributed by atoms with Crippen LogP contribution in [0.15, 0.2) is 29.2 Å². The molecule has 1 saturated heterocycles. The van der Waals surface area contributed by atoms with Gasteiger partial charge in [0, 0.05) is 18.0 Å². The van der Waals surface area contributed by atoms with E-state index in [0.29, 0.717) is 12.5 Å². The Hall–Kier alpha value is -0.710. The summed E-state index contributed by atoms with van der Waals surface area (Å²) in [5, 5.41) is 0. The quantitative estimate of drug-likeness (QED) is 0.867. The van der Waals surface area contributed by atoms with Gasteiger partial charge < -0.3 is 10.6 Å². The number of nitrogens with zero attached hydrogens (tertiary/aromatic N) is 1. The van der Waals surface area contributed by atoms with E-state index in [1.807, 2.05) is 35.4 Å². The molecule has 1 aliphatic rings. The first-order chi connectivity index (χ1) is 8.26. The van der Waals surface area contributed by atoms with Crippen LogP contribution in [0, 0.1) is 5.92 Å². The normalized spacial score (nSPS) is 18.6. The van der Waals surface area contributed by atoms with Crippen LogP contribution in [-0.2, 0) is 0 Å². The fraction of sp³-hybridized carbons (Fsp3) is 0.462. The Labute approximate surface area is 119 Å². The van der Waals surface area contributed by atoms with Crippen molar-refractivity contribution in [3.8, 4) is 0 Å². The zero-order valence-corrected chi connectivity index (χ0v) is 12.1. The predicted molar refractivity (Wildman–Crippen MR) is 78.5 cm³/mol. The number of nitrogens with two attached hydrogens (primary N) is 1. The minimum atomic E-state index is 0. The van der Waals surface area contributed by atoms with E-state index in [1.54, 1.807) is 11.8 Å². The van der Waals surface area contributed by atoms with Gasteiger partial charge in [0.15, 0.2) is 0 Å². The van der Waals surface area contributed by atoms with Crippen LogP contribution in [0.25, 0.3) is 0 Å². The molecule has 1 fully saturated rings. The number of amides is 1. The number of carbonyl (C=O) groups is 1. The summed E-state index contributed by atoms with van der Waals surface area (Å²) in [4.78, 5) is 15.3. The van der Waals surface area contributed by atoms with E-state index < -0.39 is 0 Å². The highest BCUT2D eigenvalue weighted by Gasteiger charge is 2.26. The van der Waals surface area contributed by atoms with Crippen molar-refractivity contribution in [3.05, 3.63) is 29.8 Å². The van der Waals surface area contributed by atoms with Crippen LogP contribution in [0.5, 0.6) is 0 Å². The highest BCUT2D eigenvalue weighted by molar-refractivity contribution is 7.98. The Morgan fingerprint density at radius 1 is 1.50 bits per heavy atom. The molecule has 0 saturated carbocycles. The first-order valence-corrected chi connectivity index (χ1v) is 7.11. The summed E-state index contributed by atoms with van der Waals surface area (Å²) < 4.78 is 0. The second-order valence-electron chi connectivity index (χ2n) is 4.34. The number of halogens is 1. The molecule has 2 N–H and O–H groups in total. The standard InChI is InChI=1S/C13H18N2OS.ClH/c1-17-12-5-3-2-4-11(12)13(16)15-7-6-10(8-14)9-15;/h2-5,10H,6-9,14H2,1H3;1H. The molecule has 18 heavy (non-hydrogen) atoms. The van der Waals surface area contributed by atoms with Gasteiger partial charge in [0.25, 0.3) is 5.91 Å². The Kier molecular flexibility index (Phi) is 5.99. The number of benzene rings is 1. The lowest BCUT2D eigenvalue weighted by Crippen LogP contribution is -2.30. The first kappa shape index (κ1) is 15.3. The second kappa shape index (κ2) is 7.02. The fourth-order valence-corrected chi connectivity index (χ4v) is 2.79. The zero-order valence-electron chi connectivity index (χ0n) is 10.5. The SMILES string of the molecule is CSc1ccccc1C(=O)N1CCC(CN)C1.Cl. The third-order valence-corrected chi connectivity index (χ3v) is 4.04. The summed E-state index contributed by atoms with van der Waals surface area (Å²) in [5.41, 5.74) is 6.47. The van der Waals surface area contributed by atoms with Crippen molar-refractivity contribution in [2.24, 2.45) is 11.7 Å². The van der Waals surface area contributed by atoms with E-state index in [0.717, 1.165) is 30.0 Å². The Balaban J connectivity index is 0.00000162. The highest BCUT2D eigenvalue weighted by Crippen LogP contribution is 2.24. The molecule has 0 bridgehead atoms. The van der Waals surface area contributed by atoms with E-state index in [9.17, 15) is 4.79 Å². The van der Waals surface area contributed by atoms with Crippen molar-refractivity contribution in [2.75, 3.05) is 25.9 Å². The topological polar surface area (TPSA) is 46.3 Å². The van der Waals surface area contributed by atoms with Gasteiger partial charge in [-0.2, -0.15) is 0 Å². The third-order valence-electron chi connectivity index (χ3n) is 3.24. The van der Waals surface area contributed by atoms with Crippen molar-refractivity contribution in [1.82, 2.24) is 4.90 Å². The lowest BCUT2D eigenvalue weighted by molar-refractivity contribution is 0.0784. The summed E-state index contributed by atoms with van der Waals surface area (Å²) in [5.74, 6) is 0.617. The highest BCUT2D eigenvalue weighted by atomic mass is 35.5. The van der Waals surface area contributed by atoms with E-state index in [-0.39, 0.29) is 18.3 Å². The van der Waals surface area contributed by atoms with Crippen LogP contribution in [0.1, 0.15) is 16.8 Å². The minimum Gasteiger partial charge on any atom is -0.338 e. The summed E-state index contributed by atoms with van der Waals surface area (Å²) in [6, 6.07) is 7.79. The lowest BCUT2D eigenvalue weighted by atomic mass is 10.1. The van der Waals surface area contributed by atoms with Crippen LogP contribution in [-0.4, -0.2) is 36.7 Å². The Morgan fingerprint density at radius 3 is 2.83 bits per heavy atom. The van der Waals surface area contributed by atoms with Gasteiger partial charge in [-0.1, -0.05) is 12.1 Å². The molecule has 0 spiro atoms. The maximum atomic E-state index is 12.4. The minimum absolute atomic E-state index is 0. The molecule has 1 heterocycles. The summed E-state index contributed by atoms with van der Waals surface area (Å²) in [6.45, 7) is 2.31. The number of hydrogen-bond donors (Lipinski definition) is 1. The number of rotatable bonds is 3. The molecular weight excluding hydrogens is 268 g/mol. The maximum Gasteiger partial charge on any atom is 0.254 e. The van der Waals surface area contributed by atoms with Crippen molar-refractivity contribution >= 4 is 30.1 Å². The number of likely N-dealkylation sites (tertiary alicyclic amines) is 1. The van der Waals surface area contributed by atoms with Crippen molar-refractivity contribution in [1.29, 1.82) is 0 Å². The Bertz CT molecular complexity index is 414. The van der Waals surface area contributed by atoms with Gasteiger partial charge in [0.2, 0.25) is 0 Å².